The van der Waals surface area contributed by atoms with Gasteiger partial charge in [0.15, 0.2) is 0 Å². The molecule has 29 heavy (non-hydrogen) atoms. The second-order valence-corrected chi connectivity index (χ2v) is 9.14. The lowest BCUT2D eigenvalue weighted by atomic mass is 9.96. The monoisotopic (exact) mass is 406 g/mol. The van der Waals surface area contributed by atoms with Crippen LogP contribution in [0.1, 0.15) is 40.7 Å². The van der Waals surface area contributed by atoms with Gasteiger partial charge in [-0.05, 0) is 68.2 Å². The number of hydrogen-bond donors (Lipinski definition) is 1. The van der Waals surface area contributed by atoms with Crippen molar-refractivity contribution < 1.29 is 4.79 Å². The lowest BCUT2D eigenvalue weighted by molar-refractivity contribution is -0.118. The summed E-state index contributed by atoms with van der Waals surface area (Å²) in [6.45, 7) is 5.36. The Kier molecular flexibility index (Phi) is 4.76. The van der Waals surface area contributed by atoms with E-state index in [1.807, 2.05) is 60.2 Å². The van der Waals surface area contributed by atoms with Crippen molar-refractivity contribution in [3.8, 4) is 5.69 Å². The number of thiophene rings is 1. The Bertz CT molecular complexity index is 1030. The molecule has 1 fully saturated rings. The van der Waals surface area contributed by atoms with Crippen molar-refractivity contribution in [1.82, 2.24) is 14.7 Å². The zero-order valence-electron chi connectivity index (χ0n) is 16.9. The van der Waals surface area contributed by atoms with Crippen LogP contribution in [-0.2, 0) is 11.2 Å². The van der Waals surface area contributed by atoms with Crippen LogP contribution in [0.4, 0.5) is 5.69 Å². The van der Waals surface area contributed by atoms with Crippen LogP contribution in [0.5, 0.6) is 0 Å². The van der Waals surface area contributed by atoms with Crippen molar-refractivity contribution in [2.24, 2.45) is 5.92 Å². The fraction of sp³-hybridized carbons (Fsp3) is 0.391. The van der Waals surface area contributed by atoms with E-state index in [1.165, 1.54) is 23.3 Å². The Morgan fingerprint density at radius 3 is 2.76 bits per heavy atom. The number of fused-ring (bicyclic) bond motifs is 1. The third-order valence-electron chi connectivity index (χ3n) is 6.09. The minimum absolute atomic E-state index is 0.0492. The predicted molar refractivity (Wildman–Crippen MR) is 117 cm³/mol. The minimum Gasteiger partial charge on any atom is -0.322 e. The molecule has 1 N–H and O–H groups in total. The number of carbonyl (C=O) groups excluding carboxylic acids is 1. The summed E-state index contributed by atoms with van der Waals surface area (Å²) < 4.78 is 1.90. The van der Waals surface area contributed by atoms with E-state index < -0.39 is 0 Å². The Hall–Kier alpha value is -2.44. The maximum absolute atomic E-state index is 13.0. The van der Waals surface area contributed by atoms with Crippen molar-refractivity contribution in [1.29, 1.82) is 0 Å². The van der Waals surface area contributed by atoms with Crippen LogP contribution in [0.25, 0.3) is 5.69 Å². The Morgan fingerprint density at radius 1 is 1.21 bits per heavy atom. The van der Waals surface area contributed by atoms with E-state index in [4.69, 9.17) is 0 Å². The molecule has 0 spiro atoms. The van der Waals surface area contributed by atoms with Crippen molar-refractivity contribution >= 4 is 22.9 Å². The highest BCUT2D eigenvalue weighted by Crippen LogP contribution is 2.48. The molecule has 0 radical (unpaired) electrons. The van der Waals surface area contributed by atoms with Crippen LogP contribution in [0.3, 0.4) is 0 Å². The quantitative estimate of drug-likeness (QED) is 0.679. The van der Waals surface area contributed by atoms with Crippen LogP contribution >= 0.6 is 11.3 Å². The fourth-order valence-corrected chi connectivity index (χ4v) is 5.46. The van der Waals surface area contributed by atoms with Gasteiger partial charge in [0.25, 0.3) is 0 Å². The SMILES string of the molecule is Cc1nn(-c2ccccc2)c(C)c1NC(=O)CN1CCc2sccc2[C@@H]1C1CC1. The molecule has 5 nitrogen and oxygen atoms in total. The number of para-hydroxylation sites is 1. The predicted octanol–water partition coefficient (Wildman–Crippen LogP) is 4.50. The van der Waals surface area contributed by atoms with Crippen molar-refractivity contribution in [3.05, 3.63) is 63.6 Å². The highest BCUT2D eigenvalue weighted by atomic mass is 32.1. The van der Waals surface area contributed by atoms with Gasteiger partial charge in [-0.15, -0.1) is 11.3 Å². The van der Waals surface area contributed by atoms with E-state index in [1.54, 1.807) is 0 Å². The average Bonchev–Trinajstić information content (AvgIpc) is 3.38. The summed E-state index contributed by atoms with van der Waals surface area (Å²) in [7, 11) is 0. The van der Waals surface area contributed by atoms with Crippen LogP contribution in [0, 0.1) is 19.8 Å². The van der Waals surface area contributed by atoms with Crippen molar-refractivity contribution in [2.75, 3.05) is 18.4 Å². The summed E-state index contributed by atoms with van der Waals surface area (Å²) in [6.07, 6.45) is 3.60. The molecular weight excluding hydrogens is 380 g/mol. The standard InChI is InChI=1S/C23H26N4OS/c1-15-22(16(2)27(25-15)18-6-4-3-5-7-18)24-21(28)14-26-12-10-20-19(11-13-29-20)23(26)17-8-9-17/h3-7,11,13,17,23H,8-10,12,14H2,1-2H3,(H,24,28)/t23-/m0/s1. The normalized spacial score (nSPS) is 19.2. The summed E-state index contributed by atoms with van der Waals surface area (Å²) in [5.41, 5.74) is 5.09. The first-order valence-electron chi connectivity index (χ1n) is 10.3. The molecular formula is C23H26N4OS. The number of nitrogens with one attached hydrogen (secondary N) is 1. The van der Waals surface area contributed by atoms with E-state index >= 15 is 0 Å². The lowest BCUT2D eigenvalue weighted by Gasteiger charge is -2.35. The van der Waals surface area contributed by atoms with E-state index in [-0.39, 0.29) is 5.91 Å². The molecule has 6 heteroatoms. The van der Waals surface area contributed by atoms with Gasteiger partial charge in [0.1, 0.15) is 0 Å². The first kappa shape index (κ1) is 18.6. The molecule has 1 aromatic carbocycles. The lowest BCUT2D eigenvalue weighted by Crippen LogP contribution is -2.41. The summed E-state index contributed by atoms with van der Waals surface area (Å²) in [6, 6.07) is 12.7. The van der Waals surface area contributed by atoms with Gasteiger partial charge >= 0.3 is 0 Å². The maximum atomic E-state index is 13.0. The van der Waals surface area contributed by atoms with E-state index in [0.29, 0.717) is 18.5 Å². The van der Waals surface area contributed by atoms with Gasteiger partial charge in [0, 0.05) is 17.5 Å². The maximum Gasteiger partial charge on any atom is 0.238 e. The summed E-state index contributed by atoms with van der Waals surface area (Å²) >= 11 is 1.86. The zero-order chi connectivity index (χ0) is 20.0. The number of nitrogens with zero attached hydrogens (tertiary/aromatic N) is 3. The molecule has 1 amide bonds. The highest BCUT2D eigenvalue weighted by molar-refractivity contribution is 7.10. The Morgan fingerprint density at radius 2 is 2.00 bits per heavy atom. The highest BCUT2D eigenvalue weighted by Gasteiger charge is 2.40. The zero-order valence-corrected chi connectivity index (χ0v) is 17.7. The number of rotatable bonds is 5. The first-order chi connectivity index (χ1) is 14.1. The van der Waals surface area contributed by atoms with Gasteiger partial charge in [-0.25, -0.2) is 4.68 Å². The molecule has 2 aromatic heterocycles. The van der Waals surface area contributed by atoms with Gasteiger partial charge in [-0.3, -0.25) is 9.69 Å². The first-order valence-corrected chi connectivity index (χ1v) is 11.2. The van der Waals surface area contributed by atoms with E-state index in [0.717, 1.165) is 35.7 Å². The molecule has 1 aliphatic heterocycles. The number of anilines is 1. The Balaban J connectivity index is 1.33. The van der Waals surface area contributed by atoms with Crippen LogP contribution in [0.2, 0.25) is 0 Å². The number of benzene rings is 1. The molecule has 3 aromatic rings. The summed E-state index contributed by atoms with van der Waals surface area (Å²) in [4.78, 5) is 16.9. The Labute approximate surface area is 175 Å². The summed E-state index contributed by atoms with van der Waals surface area (Å²) in [5.74, 6) is 0.758. The number of aryl methyl sites for hydroxylation is 1. The van der Waals surface area contributed by atoms with E-state index in [9.17, 15) is 4.79 Å². The molecule has 2 aliphatic rings. The topological polar surface area (TPSA) is 50.2 Å². The van der Waals surface area contributed by atoms with Crippen LogP contribution in [-0.4, -0.2) is 33.7 Å². The molecule has 1 atom stereocenters. The number of carbonyl (C=O) groups is 1. The molecule has 1 aliphatic carbocycles. The van der Waals surface area contributed by atoms with Crippen molar-refractivity contribution in [3.63, 3.8) is 0 Å². The minimum atomic E-state index is 0.0492. The molecule has 150 valence electrons. The second kappa shape index (κ2) is 7.43. The second-order valence-electron chi connectivity index (χ2n) is 8.14. The van der Waals surface area contributed by atoms with Crippen LogP contribution < -0.4 is 5.32 Å². The molecule has 0 saturated heterocycles. The van der Waals surface area contributed by atoms with Gasteiger partial charge in [0.05, 0.1) is 29.3 Å². The largest absolute Gasteiger partial charge is 0.322 e. The molecule has 1 saturated carbocycles. The van der Waals surface area contributed by atoms with Gasteiger partial charge in [0.2, 0.25) is 5.91 Å². The molecule has 3 heterocycles. The van der Waals surface area contributed by atoms with Crippen molar-refractivity contribution in [2.45, 2.75) is 39.2 Å². The third kappa shape index (κ3) is 3.51. The summed E-state index contributed by atoms with van der Waals surface area (Å²) in [5, 5.41) is 10.0. The molecule has 5 rings (SSSR count). The van der Waals surface area contributed by atoms with Crippen LogP contribution in [0.15, 0.2) is 41.8 Å². The molecule has 0 bridgehead atoms. The van der Waals surface area contributed by atoms with Gasteiger partial charge in [-0.1, -0.05) is 18.2 Å². The average molecular weight is 407 g/mol. The smallest absolute Gasteiger partial charge is 0.238 e. The number of amides is 1. The number of hydrogen-bond acceptors (Lipinski definition) is 4. The third-order valence-corrected chi connectivity index (χ3v) is 7.09. The van der Waals surface area contributed by atoms with Gasteiger partial charge < -0.3 is 5.32 Å². The van der Waals surface area contributed by atoms with Gasteiger partial charge in [-0.2, -0.15) is 5.10 Å². The fourth-order valence-electron chi connectivity index (χ4n) is 4.55. The number of aromatic nitrogens is 2. The van der Waals surface area contributed by atoms with E-state index in [2.05, 4.69) is 26.8 Å². The molecule has 0 unspecified atom stereocenters.